The van der Waals surface area contributed by atoms with E-state index >= 15 is 0 Å². The monoisotopic (exact) mass is 527 g/mol. The summed E-state index contributed by atoms with van der Waals surface area (Å²) < 4.78 is 31.4. The van der Waals surface area contributed by atoms with Gasteiger partial charge >= 0.3 is 0 Å². The highest BCUT2D eigenvalue weighted by Gasteiger charge is 2.27. The van der Waals surface area contributed by atoms with Crippen molar-refractivity contribution in [2.75, 3.05) is 19.7 Å². The molecule has 2 aromatic heterocycles. The summed E-state index contributed by atoms with van der Waals surface area (Å²) in [6, 6.07) is 9.85. The summed E-state index contributed by atoms with van der Waals surface area (Å²) in [5.41, 5.74) is 3.63. The first-order valence-electron chi connectivity index (χ1n) is 13.3. The number of hydrogen-bond donors (Lipinski definition) is 0. The molecule has 198 valence electrons. The zero-order valence-electron chi connectivity index (χ0n) is 21.6. The molecule has 0 saturated heterocycles. The number of pyridine rings is 1. The number of ketones is 1. The van der Waals surface area contributed by atoms with Gasteiger partial charge < -0.3 is 4.74 Å². The van der Waals surface area contributed by atoms with Gasteiger partial charge in [-0.1, -0.05) is 42.4 Å². The number of benzene rings is 1. The van der Waals surface area contributed by atoms with E-state index in [0.717, 1.165) is 85.0 Å². The van der Waals surface area contributed by atoms with Gasteiger partial charge in [0.1, 0.15) is 0 Å². The highest BCUT2D eigenvalue weighted by atomic mass is 32.1. The maximum atomic E-state index is 13.1. The van der Waals surface area contributed by atoms with Crippen molar-refractivity contribution >= 4 is 28.0 Å². The summed E-state index contributed by atoms with van der Waals surface area (Å²) in [6.07, 6.45) is 7.24. The van der Waals surface area contributed by atoms with Crippen molar-refractivity contribution in [3.8, 4) is 5.19 Å². The Hall–Kier alpha value is -2.45. The summed E-state index contributed by atoms with van der Waals surface area (Å²) >= 11 is 1.40. The molecule has 0 amide bonds. The Morgan fingerprint density at radius 3 is 2.70 bits per heavy atom. The first kappa shape index (κ1) is 26.2. The lowest BCUT2D eigenvalue weighted by molar-refractivity contribution is -0.0230. The Kier molecular flexibility index (Phi) is 7.86. The van der Waals surface area contributed by atoms with Crippen LogP contribution in [0.25, 0.3) is 10.9 Å². The molecule has 1 saturated carbocycles. The minimum Gasteiger partial charge on any atom is -0.464 e. The molecule has 3 heterocycles. The molecule has 0 spiro atoms. The Morgan fingerprint density at radius 2 is 1.92 bits per heavy atom. The number of nitrogens with zero attached hydrogens (tertiary/aromatic N) is 3. The second-order valence-corrected chi connectivity index (χ2v) is 11.9. The Morgan fingerprint density at radius 1 is 1.14 bits per heavy atom. The van der Waals surface area contributed by atoms with Crippen molar-refractivity contribution in [2.24, 2.45) is 11.8 Å². The van der Waals surface area contributed by atoms with Crippen LogP contribution in [0.1, 0.15) is 72.1 Å². The second-order valence-electron chi connectivity index (χ2n) is 10.9. The molecule has 1 aromatic carbocycles. The summed E-state index contributed by atoms with van der Waals surface area (Å²) in [6.45, 7) is 4.96. The molecular formula is C29H35F2N3O2S. The quantitative estimate of drug-likeness (QED) is 0.285. The molecule has 0 N–H and O–H groups in total. The predicted molar refractivity (Wildman–Crippen MR) is 143 cm³/mol. The molecule has 1 aliphatic heterocycles. The van der Waals surface area contributed by atoms with Gasteiger partial charge in [-0.25, -0.2) is 13.8 Å². The van der Waals surface area contributed by atoms with E-state index in [9.17, 15) is 13.6 Å². The minimum absolute atomic E-state index is 0.234. The average molecular weight is 528 g/mol. The van der Waals surface area contributed by atoms with Crippen LogP contribution in [0.2, 0.25) is 0 Å². The van der Waals surface area contributed by atoms with E-state index in [2.05, 4.69) is 14.9 Å². The number of aromatic nitrogens is 2. The zero-order chi connectivity index (χ0) is 26.0. The fraction of sp³-hybridized carbons (Fsp3) is 0.552. The normalized spacial score (nSPS) is 20.6. The maximum Gasteiger partial charge on any atom is 0.278 e. The topological polar surface area (TPSA) is 55.3 Å². The smallest absolute Gasteiger partial charge is 0.278 e. The fourth-order valence-electron chi connectivity index (χ4n) is 5.63. The average Bonchev–Trinajstić information content (AvgIpc) is 3.28. The number of alkyl halides is 2. The molecule has 5 rings (SSSR count). The standard InChI is InChI=1S/C29H35F2N3O2S/c1-19-6-11-22-23(4-3-5-24(22)32-19)26(35)16-21-9-7-20(8-10-21)12-14-34-15-13-27-25(17-34)33-28(37-27)36-18-29(2,30)31/h3-6,11,20-21H,7-10,12-18H2,1-2H3. The van der Waals surface area contributed by atoms with Crippen molar-refractivity contribution in [2.45, 2.75) is 71.3 Å². The first-order chi connectivity index (χ1) is 17.7. The van der Waals surface area contributed by atoms with Gasteiger partial charge in [-0.15, -0.1) is 0 Å². The third-order valence-corrected chi connectivity index (χ3v) is 8.77. The third-order valence-electron chi connectivity index (χ3n) is 7.70. The van der Waals surface area contributed by atoms with E-state index in [4.69, 9.17) is 4.74 Å². The third kappa shape index (κ3) is 6.71. The second kappa shape index (κ2) is 11.1. The van der Waals surface area contributed by atoms with Gasteiger partial charge in [0.05, 0.1) is 11.2 Å². The van der Waals surface area contributed by atoms with Crippen LogP contribution in [-0.4, -0.2) is 46.3 Å². The molecular weight excluding hydrogens is 492 g/mol. The molecule has 8 heteroatoms. The number of thiazole rings is 1. The van der Waals surface area contributed by atoms with Crippen molar-refractivity contribution in [1.82, 2.24) is 14.9 Å². The number of aryl methyl sites for hydroxylation is 1. The number of hydrogen-bond acceptors (Lipinski definition) is 6. The van der Waals surface area contributed by atoms with Crippen molar-refractivity contribution in [3.63, 3.8) is 0 Å². The predicted octanol–water partition coefficient (Wildman–Crippen LogP) is 6.86. The SMILES string of the molecule is Cc1ccc2c(C(=O)CC3CCC(CCN4CCc5sc(OCC(C)(F)F)nc5C4)CC3)cccc2n1. The van der Waals surface area contributed by atoms with Gasteiger partial charge in [0.25, 0.3) is 11.1 Å². The van der Waals surface area contributed by atoms with E-state index < -0.39 is 12.5 Å². The number of ether oxygens (including phenoxy) is 1. The molecule has 37 heavy (non-hydrogen) atoms. The number of Topliss-reactive ketones (excluding diaryl/α,β-unsaturated/α-hetero) is 1. The summed E-state index contributed by atoms with van der Waals surface area (Å²) in [7, 11) is 0. The molecule has 1 fully saturated rings. The molecule has 3 aromatic rings. The molecule has 0 unspecified atom stereocenters. The zero-order valence-corrected chi connectivity index (χ0v) is 22.5. The van der Waals surface area contributed by atoms with E-state index in [1.165, 1.54) is 24.2 Å². The van der Waals surface area contributed by atoms with Crippen molar-refractivity contribution in [3.05, 3.63) is 52.2 Å². The Bertz CT molecular complexity index is 1250. The van der Waals surface area contributed by atoms with Crippen LogP contribution >= 0.6 is 11.3 Å². The van der Waals surface area contributed by atoms with Crippen LogP contribution in [0.15, 0.2) is 30.3 Å². The molecule has 0 bridgehead atoms. The molecule has 2 aliphatic rings. The number of rotatable bonds is 9. The largest absolute Gasteiger partial charge is 0.464 e. The van der Waals surface area contributed by atoms with Crippen LogP contribution in [0.3, 0.4) is 0 Å². The van der Waals surface area contributed by atoms with Crippen LogP contribution in [0, 0.1) is 18.8 Å². The van der Waals surface area contributed by atoms with Crippen LogP contribution in [-0.2, 0) is 13.0 Å². The molecule has 1 aliphatic carbocycles. The molecule has 0 radical (unpaired) electrons. The van der Waals surface area contributed by atoms with E-state index in [0.29, 0.717) is 23.5 Å². The number of halogens is 2. The van der Waals surface area contributed by atoms with Crippen molar-refractivity contribution < 1.29 is 18.3 Å². The number of fused-ring (bicyclic) bond motifs is 2. The summed E-state index contributed by atoms with van der Waals surface area (Å²) in [5, 5.41) is 1.31. The van der Waals surface area contributed by atoms with Crippen LogP contribution < -0.4 is 4.74 Å². The number of carbonyl (C=O) groups excluding carboxylic acids is 1. The van der Waals surface area contributed by atoms with Gasteiger partial charge in [0.15, 0.2) is 12.4 Å². The fourth-order valence-corrected chi connectivity index (χ4v) is 6.54. The van der Waals surface area contributed by atoms with Crippen molar-refractivity contribution in [1.29, 1.82) is 0 Å². The van der Waals surface area contributed by atoms with E-state index in [1.807, 2.05) is 37.3 Å². The van der Waals surface area contributed by atoms with Crippen LogP contribution in [0.4, 0.5) is 8.78 Å². The number of carbonyl (C=O) groups is 1. The maximum absolute atomic E-state index is 13.1. The Labute approximate surface area is 221 Å². The van der Waals surface area contributed by atoms with Gasteiger partial charge in [-0.2, -0.15) is 0 Å². The van der Waals surface area contributed by atoms with Gasteiger partial charge in [-0.05, 0) is 63.1 Å². The Balaban J connectivity index is 1.07. The molecule has 0 atom stereocenters. The summed E-state index contributed by atoms with van der Waals surface area (Å²) in [5.74, 6) is -1.47. The molecule has 5 nitrogen and oxygen atoms in total. The van der Waals surface area contributed by atoms with Crippen LogP contribution in [0.5, 0.6) is 5.19 Å². The van der Waals surface area contributed by atoms with Gasteiger partial charge in [0, 0.05) is 48.0 Å². The lowest BCUT2D eigenvalue weighted by atomic mass is 9.78. The highest BCUT2D eigenvalue weighted by Crippen LogP contribution is 2.35. The summed E-state index contributed by atoms with van der Waals surface area (Å²) in [4.78, 5) is 25.8. The first-order valence-corrected chi connectivity index (χ1v) is 14.2. The highest BCUT2D eigenvalue weighted by molar-refractivity contribution is 7.13. The minimum atomic E-state index is -2.85. The van der Waals surface area contributed by atoms with E-state index in [1.54, 1.807) is 0 Å². The lowest BCUT2D eigenvalue weighted by Crippen LogP contribution is -2.32. The lowest BCUT2D eigenvalue weighted by Gasteiger charge is -2.31. The van der Waals surface area contributed by atoms with E-state index in [-0.39, 0.29) is 5.78 Å². The van der Waals surface area contributed by atoms with Gasteiger partial charge in [0.2, 0.25) is 0 Å². The van der Waals surface area contributed by atoms with Gasteiger partial charge in [-0.3, -0.25) is 14.7 Å².